The first-order valence-electron chi connectivity index (χ1n) is 7.43. The summed E-state index contributed by atoms with van der Waals surface area (Å²) in [6, 6.07) is 10.7. The Balaban J connectivity index is 1.77. The van der Waals surface area contributed by atoms with E-state index in [1.54, 1.807) is 0 Å². The van der Waals surface area contributed by atoms with Crippen molar-refractivity contribution in [3.05, 3.63) is 79.3 Å². The molecule has 0 radical (unpaired) electrons. The lowest BCUT2D eigenvalue weighted by Crippen LogP contribution is -2.04. The van der Waals surface area contributed by atoms with Crippen molar-refractivity contribution in [2.75, 3.05) is 0 Å². The van der Waals surface area contributed by atoms with Crippen LogP contribution in [0.1, 0.15) is 22.3 Å². The van der Waals surface area contributed by atoms with Crippen LogP contribution in [-0.4, -0.2) is 5.78 Å². The minimum Gasteiger partial charge on any atom is -0.288 e. The minimum absolute atomic E-state index is 0.0733. The number of carbonyl (C=O) groups excluding carboxylic acids is 1. The van der Waals surface area contributed by atoms with Crippen LogP contribution < -0.4 is 0 Å². The van der Waals surface area contributed by atoms with Crippen LogP contribution in [0.4, 0.5) is 0 Å². The molecule has 3 aliphatic rings. The summed E-state index contributed by atoms with van der Waals surface area (Å²) < 4.78 is 1.76. The standard InChI is InChI=1S/C20H10Br2O/c21-17-3-1-2-10-8-14-13(19(10)17)5-4-11-12-6-7-18(22)20(23)16(12)9-15(11)14/h1-7,9H,8H2. The summed E-state index contributed by atoms with van der Waals surface area (Å²) >= 11 is 7.03. The number of halogens is 2. The average Bonchev–Trinajstić information content (AvgIpc) is 3.10. The zero-order chi connectivity index (χ0) is 15.7. The third-order valence-corrected chi connectivity index (χ3v) is 6.11. The molecule has 2 aromatic rings. The van der Waals surface area contributed by atoms with Crippen LogP contribution in [-0.2, 0) is 11.2 Å². The van der Waals surface area contributed by atoms with Crippen LogP contribution in [0.2, 0.25) is 0 Å². The van der Waals surface area contributed by atoms with Gasteiger partial charge in [0.25, 0.3) is 0 Å². The lowest BCUT2D eigenvalue weighted by Gasteiger charge is -2.11. The van der Waals surface area contributed by atoms with E-state index in [2.05, 4.69) is 68.3 Å². The van der Waals surface area contributed by atoms with Crippen LogP contribution in [0.3, 0.4) is 0 Å². The molecule has 0 amide bonds. The van der Waals surface area contributed by atoms with Gasteiger partial charge >= 0.3 is 0 Å². The second-order valence-corrected chi connectivity index (χ2v) is 7.69. The van der Waals surface area contributed by atoms with Crippen molar-refractivity contribution in [1.29, 1.82) is 0 Å². The van der Waals surface area contributed by atoms with Crippen molar-refractivity contribution in [3.8, 4) is 11.1 Å². The normalized spacial score (nSPS) is 17.0. The minimum atomic E-state index is 0.0733. The first-order valence-corrected chi connectivity index (χ1v) is 9.02. The third kappa shape index (κ3) is 1.75. The quantitative estimate of drug-likeness (QED) is 0.454. The molecule has 1 nitrogen and oxygen atoms in total. The topological polar surface area (TPSA) is 17.1 Å². The molecule has 0 spiro atoms. The zero-order valence-electron chi connectivity index (χ0n) is 12.0. The lowest BCUT2D eigenvalue weighted by molar-refractivity contribution is -0.111. The van der Waals surface area contributed by atoms with Crippen LogP contribution in [0, 0.1) is 0 Å². The highest BCUT2D eigenvalue weighted by Crippen LogP contribution is 2.48. The summed E-state index contributed by atoms with van der Waals surface area (Å²) in [7, 11) is 0. The second kappa shape index (κ2) is 4.65. The Hall–Kier alpha value is -1.71. The van der Waals surface area contributed by atoms with Crippen molar-refractivity contribution in [2.45, 2.75) is 6.42 Å². The monoisotopic (exact) mass is 424 g/mol. The highest BCUT2D eigenvalue weighted by atomic mass is 79.9. The Morgan fingerprint density at radius 2 is 1.74 bits per heavy atom. The number of hydrogen-bond donors (Lipinski definition) is 0. The van der Waals surface area contributed by atoms with Gasteiger partial charge in [-0.05, 0) is 79.5 Å². The first kappa shape index (κ1) is 13.7. The van der Waals surface area contributed by atoms with E-state index in [0.717, 1.165) is 22.0 Å². The van der Waals surface area contributed by atoms with Crippen molar-refractivity contribution in [2.24, 2.45) is 0 Å². The number of allylic oxidation sites excluding steroid dienone is 5. The van der Waals surface area contributed by atoms with Crippen molar-refractivity contribution >= 4 is 49.3 Å². The maximum absolute atomic E-state index is 12.4. The summed E-state index contributed by atoms with van der Waals surface area (Å²) in [6.45, 7) is 0. The Kier molecular flexibility index (Phi) is 2.77. The van der Waals surface area contributed by atoms with Crippen molar-refractivity contribution < 1.29 is 4.79 Å². The van der Waals surface area contributed by atoms with E-state index in [-0.39, 0.29) is 5.78 Å². The molecule has 5 rings (SSSR count). The number of carbonyl (C=O) groups is 1. The third-order valence-electron chi connectivity index (χ3n) is 4.82. The summed E-state index contributed by atoms with van der Waals surface area (Å²) in [5.41, 5.74) is 9.47. The van der Waals surface area contributed by atoms with Gasteiger partial charge in [0.2, 0.25) is 5.78 Å². The molecule has 23 heavy (non-hydrogen) atoms. The van der Waals surface area contributed by atoms with Gasteiger partial charge in [0.1, 0.15) is 0 Å². The molecule has 0 aromatic heterocycles. The van der Waals surface area contributed by atoms with Gasteiger partial charge < -0.3 is 0 Å². The maximum Gasteiger partial charge on any atom is 0.200 e. The predicted molar refractivity (Wildman–Crippen MR) is 100 cm³/mol. The van der Waals surface area contributed by atoms with E-state index in [4.69, 9.17) is 0 Å². The van der Waals surface area contributed by atoms with E-state index in [9.17, 15) is 4.79 Å². The maximum atomic E-state index is 12.4. The van der Waals surface area contributed by atoms with Crippen LogP contribution in [0.5, 0.6) is 0 Å². The zero-order valence-corrected chi connectivity index (χ0v) is 15.2. The summed E-state index contributed by atoms with van der Waals surface area (Å²) in [5.74, 6) is 0.0733. The van der Waals surface area contributed by atoms with Gasteiger partial charge in [-0.2, -0.15) is 0 Å². The molecule has 0 fully saturated rings. The van der Waals surface area contributed by atoms with Gasteiger partial charge in [0, 0.05) is 10.0 Å². The molecule has 0 saturated heterocycles. The molecule has 3 aliphatic carbocycles. The highest BCUT2D eigenvalue weighted by molar-refractivity contribution is 9.12. The number of ketones is 1. The Morgan fingerprint density at radius 1 is 0.913 bits per heavy atom. The Bertz CT molecular complexity index is 1020. The fraction of sp³-hybridized carbons (Fsp3) is 0.0500. The fourth-order valence-corrected chi connectivity index (χ4v) is 4.76. The molecule has 0 heterocycles. The highest BCUT2D eigenvalue weighted by Gasteiger charge is 2.32. The number of hydrogen-bond acceptors (Lipinski definition) is 1. The van der Waals surface area contributed by atoms with E-state index in [1.165, 1.54) is 33.4 Å². The summed E-state index contributed by atoms with van der Waals surface area (Å²) in [4.78, 5) is 12.4. The Morgan fingerprint density at radius 3 is 2.61 bits per heavy atom. The molecule has 0 saturated carbocycles. The van der Waals surface area contributed by atoms with Crippen molar-refractivity contribution in [3.63, 3.8) is 0 Å². The van der Waals surface area contributed by atoms with Crippen LogP contribution in [0.25, 0.3) is 22.8 Å². The van der Waals surface area contributed by atoms with Crippen molar-refractivity contribution in [1.82, 2.24) is 0 Å². The molecular formula is C20H10Br2O. The molecule has 3 heteroatoms. The van der Waals surface area contributed by atoms with Gasteiger partial charge in [-0.3, -0.25) is 4.79 Å². The molecule has 2 aromatic carbocycles. The lowest BCUT2D eigenvalue weighted by atomic mass is 9.93. The first-order chi connectivity index (χ1) is 11.1. The van der Waals surface area contributed by atoms with Crippen LogP contribution >= 0.6 is 31.9 Å². The average molecular weight is 426 g/mol. The number of rotatable bonds is 0. The SMILES string of the molecule is O=C1C(Br)=CC=C2C1=Cc1c2ccc2c1Cc1cccc(Br)c1-2. The van der Waals surface area contributed by atoms with E-state index >= 15 is 0 Å². The molecular weight excluding hydrogens is 416 g/mol. The molecule has 110 valence electrons. The molecule has 0 bridgehead atoms. The molecule has 0 aliphatic heterocycles. The number of benzene rings is 2. The van der Waals surface area contributed by atoms with Crippen LogP contribution in [0.15, 0.2) is 57.0 Å². The van der Waals surface area contributed by atoms with E-state index < -0.39 is 0 Å². The van der Waals surface area contributed by atoms with E-state index in [1.807, 2.05) is 12.2 Å². The van der Waals surface area contributed by atoms with Gasteiger partial charge in [-0.15, -0.1) is 0 Å². The Labute approximate surface area is 150 Å². The fourth-order valence-electron chi connectivity index (χ4n) is 3.79. The molecule has 0 N–H and O–H groups in total. The van der Waals surface area contributed by atoms with Gasteiger partial charge in [-0.25, -0.2) is 0 Å². The van der Waals surface area contributed by atoms with Gasteiger partial charge in [0.15, 0.2) is 0 Å². The smallest absolute Gasteiger partial charge is 0.200 e. The largest absolute Gasteiger partial charge is 0.288 e. The summed E-state index contributed by atoms with van der Waals surface area (Å²) in [6.07, 6.45) is 6.87. The van der Waals surface area contributed by atoms with E-state index in [0.29, 0.717) is 4.48 Å². The second-order valence-electron chi connectivity index (χ2n) is 5.99. The van der Waals surface area contributed by atoms with Gasteiger partial charge in [-0.1, -0.05) is 46.3 Å². The number of Topliss-reactive ketones (excluding diaryl/α,β-unsaturated/α-hetero) is 1. The summed E-state index contributed by atoms with van der Waals surface area (Å²) in [5, 5.41) is 0. The predicted octanol–water partition coefficient (Wildman–Crippen LogP) is 5.66. The van der Waals surface area contributed by atoms with Gasteiger partial charge in [0.05, 0.1) is 4.48 Å². The number of fused-ring (bicyclic) bond motifs is 7. The molecule has 0 atom stereocenters. The molecule has 0 unspecified atom stereocenters.